The number of rotatable bonds is 4. The minimum atomic E-state index is 0.819. The number of nitrogens with zero attached hydrogens (tertiary/aromatic N) is 2. The Morgan fingerprint density at radius 2 is 2.12 bits per heavy atom. The van der Waals surface area contributed by atoms with Crippen molar-refractivity contribution >= 4 is 23.0 Å². The molecule has 0 atom stereocenters. The molecule has 6 heteroatoms. The Hall–Kier alpha value is -1.92. The van der Waals surface area contributed by atoms with Crippen LogP contribution < -0.4 is 10.2 Å². The van der Waals surface area contributed by atoms with Crippen LogP contribution in [0.3, 0.4) is 0 Å². The topological polar surface area (TPSA) is 45.7 Å². The van der Waals surface area contributed by atoms with Crippen molar-refractivity contribution in [1.82, 2.24) is 10.1 Å². The average Bonchev–Trinajstić information content (AvgIpc) is 3.00. The van der Waals surface area contributed by atoms with Crippen LogP contribution in [0.15, 0.2) is 34.9 Å². The van der Waals surface area contributed by atoms with E-state index in [1.807, 2.05) is 13.0 Å². The fraction of sp³-hybridized carbons (Fsp3) is 0.444. The Morgan fingerprint density at radius 1 is 1.33 bits per heavy atom. The van der Waals surface area contributed by atoms with Crippen LogP contribution in [0.2, 0.25) is 0 Å². The number of nitrogens with one attached hydrogen (secondary N) is 2. The maximum Gasteiger partial charge on any atom is 0.173 e. The van der Waals surface area contributed by atoms with Crippen LogP contribution >= 0.6 is 12.2 Å². The highest BCUT2D eigenvalue weighted by Gasteiger charge is 2.22. The fourth-order valence-electron chi connectivity index (χ4n) is 3.03. The Bertz CT molecular complexity index is 692. The van der Waals surface area contributed by atoms with Gasteiger partial charge in [0.15, 0.2) is 5.11 Å². The summed E-state index contributed by atoms with van der Waals surface area (Å²) in [6.45, 7) is 9.06. The van der Waals surface area contributed by atoms with Crippen LogP contribution in [0.1, 0.15) is 23.9 Å². The van der Waals surface area contributed by atoms with Gasteiger partial charge in [0.05, 0.1) is 26.2 Å². The largest absolute Gasteiger partial charge is 0.361 e. The van der Waals surface area contributed by atoms with Crippen molar-refractivity contribution in [2.45, 2.75) is 26.8 Å². The van der Waals surface area contributed by atoms with Gasteiger partial charge in [-0.3, -0.25) is 0 Å². The molecule has 0 saturated carbocycles. The molecular weight excluding hydrogens is 320 g/mol. The first-order valence-corrected chi connectivity index (χ1v) is 8.95. The highest BCUT2D eigenvalue weighted by atomic mass is 32.1. The van der Waals surface area contributed by atoms with E-state index >= 15 is 0 Å². The van der Waals surface area contributed by atoms with Crippen LogP contribution in [0, 0.1) is 6.92 Å². The maximum atomic E-state index is 5.59. The fourth-order valence-corrected chi connectivity index (χ4v) is 3.33. The Kier molecular flexibility index (Phi) is 5.48. The summed E-state index contributed by atoms with van der Waals surface area (Å²) in [5.41, 5.74) is 3.43. The quantitative estimate of drug-likeness (QED) is 0.825. The van der Waals surface area contributed by atoms with Crippen LogP contribution in [-0.2, 0) is 13.0 Å². The van der Waals surface area contributed by atoms with Crippen LogP contribution in [0.5, 0.6) is 0 Å². The second kappa shape index (κ2) is 7.77. The van der Waals surface area contributed by atoms with Gasteiger partial charge in [-0.25, -0.2) is 0 Å². The molecule has 1 fully saturated rings. The Labute approximate surface area is 148 Å². The molecule has 0 bridgehead atoms. The van der Waals surface area contributed by atoms with Gasteiger partial charge in [0, 0.05) is 11.8 Å². The lowest BCUT2D eigenvalue weighted by Crippen LogP contribution is -3.13. The van der Waals surface area contributed by atoms with Gasteiger partial charge in [0.2, 0.25) is 0 Å². The van der Waals surface area contributed by atoms with Gasteiger partial charge < -0.3 is 19.6 Å². The van der Waals surface area contributed by atoms with Crippen molar-refractivity contribution in [2.75, 3.05) is 31.5 Å². The van der Waals surface area contributed by atoms with E-state index in [0.29, 0.717) is 0 Å². The number of hydrogen-bond acceptors (Lipinski definition) is 3. The van der Waals surface area contributed by atoms with E-state index in [9.17, 15) is 0 Å². The second-order valence-electron chi connectivity index (χ2n) is 6.33. The van der Waals surface area contributed by atoms with E-state index in [4.69, 9.17) is 16.7 Å². The summed E-state index contributed by atoms with van der Waals surface area (Å²) < 4.78 is 5.15. The molecule has 24 heavy (non-hydrogen) atoms. The molecular formula is C18H25N4OS+. The summed E-state index contributed by atoms with van der Waals surface area (Å²) in [5, 5.41) is 8.28. The summed E-state index contributed by atoms with van der Waals surface area (Å²) >= 11 is 5.59. The van der Waals surface area contributed by atoms with E-state index in [0.717, 1.165) is 61.4 Å². The standard InChI is InChI=1S/C18H24N4OS/c1-3-15-5-4-6-16(12-15)19-18(24)22-9-7-21(8-10-22)13-17-11-14(2)23-20-17/h4-6,11-12H,3,7-10,13H2,1-2H3,(H,19,24)/p+1. The van der Waals surface area contributed by atoms with Gasteiger partial charge in [-0.05, 0) is 43.3 Å². The lowest BCUT2D eigenvalue weighted by molar-refractivity contribution is -0.917. The number of piperazine rings is 1. The monoisotopic (exact) mass is 345 g/mol. The number of aromatic nitrogens is 1. The number of thiocarbonyl (C=S) groups is 1. The Balaban J connectivity index is 1.49. The minimum absolute atomic E-state index is 0.819. The normalized spacial score (nSPS) is 15.5. The maximum absolute atomic E-state index is 5.59. The van der Waals surface area contributed by atoms with Crippen molar-refractivity contribution in [3.63, 3.8) is 0 Å². The molecule has 0 radical (unpaired) electrons. The molecule has 1 aromatic heterocycles. The number of hydrogen-bond donors (Lipinski definition) is 2. The van der Waals surface area contributed by atoms with E-state index in [1.165, 1.54) is 10.5 Å². The number of quaternary nitrogens is 1. The second-order valence-corrected chi connectivity index (χ2v) is 6.71. The smallest absolute Gasteiger partial charge is 0.173 e. The Morgan fingerprint density at radius 3 is 2.79 bits per heavy atom. The molecule has 0 aliphatic carbocycles. The third-order valence-electron chi connectivity index (χ3n) is 4.45. The van der Waals surface area contributed by atoms with Crippen molar-refractivity contribution in [3.8, 4) is 0 Å². The zero-order valence-electron chi connectivity index (χ0n) is 14.3. The van der Waals surface area contributed by atoms with E-state index in [2.05, 4.69) is 46.6 Å². The molecule has 2 heterocycles. The molecule has 0 spiro atoms. The summed E-state index contributed by atoms with van der Waals surface area (Å²) in [5.74, 6) is 0.878. The first kappa shape index (κ1) is 16.9. The number of benzene rings is 1. The van der Waals surface area contributed by atoms with Gasteiger partial charge in [-0.1, -0.05) is 24.2 Å². The first-order valence-electron chi connectivity index (χ1n) is 8.54. The van der Waals surface area contributed by atoms with E-state index < -0.39 is 0 Å². The van der Waals surface area contributed by atoms with Crippen molar-refractivity contribution < 1.29 is 9.42 Å². The molecule has 3 rings (SSSR count). The SMILES string of the molecule is CCc1cccc(NC(=S)N2CC[NH+](Cc3cc(C)on3)CC2)c1. The summed E-state index contributed by atoms with van der Waals surface area (Å²) in [7, 11) is 0. The molecule has 2 aromatic rings. The molecule has 128 valence electrons. The third-order valence-corrected chi connectivity index (χ3v) is 4.81. The van der Waals surface area contributed by atoms with Gasteiger partial charge in [0.25, 0.3) is 0 Å². The summed E-state index contributed by atoms with van der Waals surface area (Å²) in [6, 6.07) is 10.5. The van der Waals surface area contributed by atoms with Crippen LogP contribution in [0.25, 0.3) is 0 Å². The van der Waals surface area contributed by atoms with Crippen LogP contribution in [0.4, 0.5) is 5.69 Å². The zero-order chi connectivity index (χ0) is 16.9. The molecule has 1 aliphatic rings. The molecule has 2 N–H and O–H groups in total. The molecule has 1 saturated heterocycles. The molecule has 0 unspecified atom stereocenters. The predicted molar refractivity (Wildman–Crippen MR) is 99.3 cm³/mol. The minimum Gasteiger partial charge on any atom is -0.361 e. The van der Waals surface area contributed by atoms with Gasteiger partial charge >= 0.3 is 0 Å². The summed E-state index contributed by atoms with van der Waals surface area (Å²) in [6.07, 6.45) is 1.03. The molecule has 1 aromatic carbocycles. The third kappa shape index (κ3) is 4.33. The summed E-state index contributed by atoms with van der Waals surface area (Å²) in [4.78, 5) is 3.78. The van der Waals surface area contributed by atoms with Crippen molar-refractivity contribution in [3.05, 3.63) is 47.3 Å². The predicted octanol–water partition coefficient (Wildman–Crippen LogP) is 1.64. The lowest BCUT2D eigenvalue weighted by Gasteiger charge is -2.33. The van der Waals surface area contributed by atoms with Crippen molar-refractivity contribution in [1.29, 1.82) is 0 Å². The highest BCUT2D eigenvalue weighted by molar-refractivity contribution is 7.80. The van der Waals surface area contributed by atoms with Gasteiger partial charge in [-0.2, -0.15) is 0 Å². The van der Waals surface area contributed by atoms with E-state index in [-0.39, 0.29) is 0 Å². The molecule has 1 aliphatic heterocycles. The first-order chi connectivity index (χ1) is 11.6. The average molecular weight is 345 g/mol. The lowest BCUT2D eigenvalue weighted by atomic mass is 10.1. The van der Waals surface area contributed by atoms with E-state index in [1.54, 1.807) is 0 Å². The molecule has 0 amide bonds. The van der Waals surface area contributed by atoms with Crippen LogP contribution in [-0.4, -0.2) is 41.3 Å². The van der Waals surface area contributed by atoms with Gasteiger partial charge in [0.1, 0.15) is 18.0 Å². The van der Waals surface area contributed by atoms with Crippen molar-refractivity contribution in [2.24, 2.45) is 0 Å². The zero-order valence-corrected chi connectivity index (χ0v) is 15.2. The molecule has 5 nitrogen and oxygen atoms in total. The highest BCUT2D eigenvalue weighted by Crippen LogP contribution is 2.12. The number of aryl methyl sites for hydroxylation is 2. The van der Waals surface area contributed by atoms with Gasteiger partial charge in [-0.15, -0.1) is 0 Å². The number of anilines is 1.